The van der Waals surface area contributed by atoms with E-state index in [1.54, 1.807) is 6.07 Å². The van der Waals surface area contributed by atoms with Gasteiger partial charge in [-0.2, -0.15) is 0 Å². The van der Waals surface area contributed by atoms with Crippen LogP contribution in [0.25, 0.3) is 27.8 Å². The molecule has 3 aromatic carbocycles. The molecule has 0 aliphatic carbocycles. The van der Waals surface area contributed by atoms with E-state index >= 15 is 0 Å². The normalized spacial score (nSPS) is 11.1. The summed E-state index contributed by atoms with van der Waals surface area (Å²) in [4.78, 5) is 1.43. The van der Waals surface area contributed by atoms with Crippen LogP contribution >= 0.6 is 0 Å². The van der Waals surface area contributed by atoms with Crippen molar-refractivity contribution in [2.24, 2.45) is 0 Å². The van der Waals surface area contributed by atoms with Gasteiger partial charge in [-0.05, 0) is 55.8 Å². The molecule has 5 heteroatoms. The van der Waals surface area contributed by atoms with Crippen LogP contribution in [-0.2, 0) is 0 Å². The molecule has 1 heterocycles. The molecule has 5 nitrogen and oxygen atoms in total. The maximum Gasteiger partial charge on any atom is 0.151 e. The Morgan fingerprint density at radius 3 is 2.08 bits per heavy atom. The number of aromatic hydroxyl groups is 2. The lowest BCUT2D eigenvalue weighted by molar-refractivity contribution is 0.464. The minimum atomic E-state index is 0.0341. The van der Waals surface area contributed by atoms with Crippen molar-refractivity contribution in [3.8, 4) is 28.3 Å². The second kappa shape index (κ2) is 5.63. The first-order chi connectivity index (χ1) is 12.0. The van der Waals surface area contributed by atoms with Gasteiger partial charge in [0.2, 0.25) is 0 Å². The van der Waals surface area contributed by atoms with Crippen LogP contribution in [0, 0.1) is 13.8 Å². The van der Waals surface area contributed by atoms with Crippen LogP contribution in [0.3, 0.4) is 0 Å². The Morgan fingerprint density at radius 1 is 0.760 bits per heavy atom. The number of aryl methyl sites for hydroxylation is 2. The van der Waals surface area contributed by atoms with Crippen LogP contribution in [0.4, 0.5) is 0 Å². The summed E-state index contributed by atoms with van der Waals surface area (Å²) in [6, 6.07) is 16.5. The second-order valence-electron chi connectivity index (χ2n) is 6.18. The number of phenols is 2. The number of nitrogens with zero attached hydrogens (tertiary/aromatic N) is 3. The van der Waals surface area contributed by atoms with Gasteiger partial charge in [-0.3, -0.25) is 0 Å². The zero-order valence-electron chi connectivity index (χ0n) is 13.9. The van der Waals surface area contributed by atoms with Crippen molar-refractivity contribution in [3.05, 3.63) is 65.7 Å². The Hall–Kier alpha value is -3.34. The molecule has 1 aromatic heterocycles. The van der Waals surface area contributed by atoms with Gasteiger partial charge in [0, 0.05) is 11.1 Å². The third-order valence-electron chi connectivity index (χ3n) is 4.18. The average Bonchev–Trinajstić information content (AvgIpc) is 3.03. The van der Waals surface area contributed by atoms with Gasteiger partial charge in [0.15, 0.2) is 5.75 Å². The molecule has 0 fully saturated rings. The van der Waals surface area contributed by atoms with E-state index in [0.29, 0.717) is 16.8 Å². The zero-order chi connectivity index (χ0) is 17.6. The maximum atomic E-state index is 10.8. The highest BCUT2D eigenvalue weighted by Crippen LogP contribution is 2.39. The van der Waals surface area contributed by atoms with E-state index in [4.69, 9.17) is 0 Å². The molecule has 0 aliphatic heterocycles. The first-order valence-electron chi connectivity index (χ1n) is 7.99. The first-order valence-corrected chi connectivity index (χ1v) is 7.99. The minimum Gasteiger partial charge on any atom is -0.507 e. The second-order valence-corrected chi connectivity index (χ2v) is 6.18. The van der Waals surface area contributed by atoms with Crippen LogP contribution in [0.5, 0.6) is 11.5 Å². The van der Waals surface area contributed by atoms with Gasteiger partial charge >= 0.3 is 0 Å². The summed E-state index contributed by atoms with van der Waals surface area (Å²) >= 11 is 0. The van der Waals surface area contributed by atoms with Crippen LogP contribution in [0.1, 0.15) is 11.1 Å². The highest BCUT2D eigenvalue weighted by Gasteiger charge is 2.17. The van der Waals surface area contributed by atoms with Crippen molar-refractivity contribution in [1.29, 1.82) is 0 Å². The van der Waals surface area contributed by atoms with Gasteiger partial charge in [0.25, 0.3) is 0 Å². The van der Waals surface area contributed by atoms with Gasteiger partial charge in [-0.25, -0.2) is 0 Å². The Labute approximate surface area is 144 Å². The van der Waals surface area contributed by atoms with Crippen LogP contribution in [-0.4, -0.2) is 25.2 Å². The summed E-state index contributed by atoms with van der Waals surface area (Å²) in [7, 11) is 0. The molecule has 0 saturated heterocycles. The predicted molar refractivity (Wildman–Crippen MR) is 97.1 cm³/mol. The van der Waals surface area contributed by atoms with Crippen molar-refractivity contribution in [2.75, 3.05) is 0 Å². The van der Waals surface area contributed by atoms with Crippen molar-refractivity contribution in [3.63, 3.8) is 0 Å². The highest BCUT2D eigenvalue weighted by molar-refractivity contribution is 5.80. The molecular weight excluding hydrogens is 314 g/mol. The third-order valence-corrected chi connectivity index (χ3v) is 4.18. The van der Waals surface area contributed by atoms with Gasteiger partial charge < -0.3 is 10.2 Å². The number of phenolic OH excluding ortho intramolecular Hbond substituents is 2. The monoisotopic (exact) mass is 331 g/mol. The molecule has 4 aromatic rings. The van der Waals surface area contributed by atoms with E-state index in [1.807, 2.05) is 62.4 Å². The molecule has 4 rings (SSSR count). The lowest BCUT2D eigenvalue weighted by Crippen LogP contribution is -2.01. The predicted octanol–water partition coefficient (Wildman–Crippen LogP) is 4.12. The van der Waals surface area contributed by atoms with Crippen molar-refractivity contribution < 1.29 is 10.2 Å². The Kier molecular flexibility index (Phi) is 3.42. The summed E-state index contributed by atoms with van der Waals surface area (Å²) in [6.07, 6.45) is 0. The molecule has 0 spiro atoms. The molecule has 0 atom stereocenters. The molecule has 0 bridgehead atoms. The number of benzene rings is 3. The standard InChI is InChI=1S/C20H17N3O2/c1-12-7-8-19(24)14(9-12)15-10-13(2)11-18(20(15)25)23-21-16-5-3-4-6-17(16)22-23/h3-11,24-25H,1-2H3. The average molecular weight is 331 g/mol. The van der Waals surface area contributed by atoms with Gasteiger partial charge in [-0.15, -0.1) is 15.0 Å². The molecule has 2 N–H and O–H groups in total. The van der Waals surface area contributed by atoms with Crippen LogP contribution in [0.15, 0.2) is 54.6 Å². The van der Waals surface area contributed by atoms with Crippen molar-refractivity contribution >= 4 is 11.0 Å². The summed E-state index contributed by atoms with van der Waals surface area (Å²) in [5, 5.41) is 30.0. The fraction of sp³-hybridized carbons (Fsp3) is 0.100. The first kappa shape index (κ1) is 15.2. The van der Waals surface area contributed by atoms with Crippen LogP contribution < -0.4 is 0 Å². The number of aromatic nitrogens is 3. The van der Waals surface area contributed by atoms with Gasteiger partial charge in [0.1, 0.15) is 22.5 Å². The largest absolute Gasteiger partial charge is 0.507 e. The summed E-state index contributed by atoms with van der Waals surface area (Å²) in [5.74, 6) is 0.155. The Morgan fingerprint density at radius 2 is 1.40 bits per heavy atom. The molecule has 0 radical (unpaired) electrons. The van der Waals surface area contributed by atoms with E-state index in [0.717, 1.165) is 22.2 Å². The lowest BCUT2D eigenvalue weighted by Gasteiger charge is -2.13. The fourth-order valence-corrected chi connectivity index (χ4v) is 2.95. The van der Waals surface area contributed by atoms with Gasteiger partial charge in [0.05, 0.1) is 0 Å². The maximum absolute atomic E-state index is 10.8. The summed E-state index contributed by atoms with van der Waals surface area (Å²) < 4.78 is 0. The number of fused-ring (bicyclic) bond motifs is 1. The topological polar surface area (TPSA) is 71.2 Å². The summed E-state index contributed by atoms with van der Waals surface area (Å²) in [6.45, 7) is 3.88. The smallest absolute Gasteiger partial charge is 0.151 e. The minimum absolute atomic E-state index is 0.0341. The Balaban J connectivity index is 1.95. The number of hydrogen-bond acceptors (Lipinski definition) is 4. The van der Waals surface area contributed by atoms with Crippen molar-refractivity contribution in [1.82, 2.24) is 15.0 Å². The molecule has 25 heavy (non-hydrogen) atoms. The van der Waals surface area contributed by atoms with E-state index in [9.17, 15) is 10.2 Å². The molecule has 0 saturated carbocycles. The fourth-order valence-electron chi connectivity index (χ4n) is 2.95. The highest BCUT2D eigenvalue weighted by atomic mass is 16.3. The molecule has 124 valence electrons. The lowest BCUT2D eigenvalue weighted by atomic mass is 9.98. The molecule has 0 unspecified atom stereocenters. The van der Waals surface area contributed by atoms with Gasteiger partial charge in [-0.1, -0.05) is 23.8 Å². The molecule has 0 amide bonds. The SMILES string of the molecule is Cc1ccc(O)c(-c2cc(C)cc(-n3nc4ccccc4n3)c2O)c1. The van der Waals surface area contributed by atoms with E-state index in [1.165, 1.54) is 4.80 Å². The number of hydrogen-bond donors (Lipinski definition) is 2. The molecule has 0 aliphatic rings. The summed E-state index contributed by atoms with van der Waals surface area (Å²) in [5.41, 5.74) is 5.05. The Bertz CT molecular complexity index is 1070. The third kappa shape index (κ3) is 2.59. The quantitative estimate of drug-likeness (QED) is 0.580. The van der Waals surface area contributed by atoms with Crippen molar-refractivity contribution in [2.45, 2.75) is 13.8 Å². The van der Waals surface area contributed by atoms with E-state index < -0.39 is 0 Å². The number of rotatable bonds is 2. The van der Waals surface area contributed by atoms with E-state index in [-0.39, 0.29) is 11.5 Å². The van der Waals surface area contributed by atoms with Crippen LogP contribution in [0.2, 0.25) is 0 Å². The van der Waals surface area contributed by atoms with E-state index in [2.05, 4.69) is 10.2 Å². The molecular formula is C20H17N3O2. The zero-order valence-corrected chi connectivity index (χ0v) is 13.9.